The van der Waals surface area contributed by atoms with Crippen LogP contribution in [-0.4, -0.2) is 60.6 Å². The Labute approximate surface area is 117 Å². The van der Waals surface area contributed by atoms with Crippen molar-refractivity contribution in [3.8, 4) is 0 Å². The fourth-order valence-electron chi connectivity index (χ4n) is 2.65. The normalized spacial score (nSPS) is 19.8. The van der Waals surface area contributed by atoms with E-state index in [0.29, 0.717) is 11.4 Å². The molecule has 0 aromatic rings. The van der Waals surface area contributed by atoms with Gasteiger partial charge in [-0.25, -0.2) is 0 Å². The van der Waals surface area contributed by atoms with Crippen LogP contribution in [0.5, 0.6) is 0 Å². The average molecular weight is 270 g/mol. The topological polar surface area (TPSA) is 65.1 Å². The second-order valence-corrected chi connectivity index (χ2v) is 6.83. The second kappa shape index (κ2) is 6.09. The van der Waals surface area contributed by atoms with Crippen molar-refractivity contribution in [2.24, 2.45) is 16.3 Å². The Kier molecular flexibility index (Phi) is 5.21. The van der Waals surface area contributed by atoms with E-state index in [-0.39, 0.29) is 5.41 Å². The van der Waals surface area contributed by atoms with E-state index in [1.54, 1.807) is 0 Å². The summed E-state index contributed by atoms with van der Waals surface area (Å²) in [6.45, 7) is 6.08. The summed E-state index contributed by atoms with van der Waals surface area (Å²) in [5.74, 6) is 0.312. The van der Waals surface area contributed by atoms with Crippen molar-refractivity contribution >= 4 is 5.84 Å². The van der Waals surface area contributed by atoms with Crippen molar-refractivity contribution in [1.82, 2.24) is 9.80 Å². The first-order valence-corrected chi connectivity index (χ1v) is 7.07. The van der Waals surface area contributed by atoms with Gasteiger partial charge in [0.25, 0.3) is 0 Å². The Balaban J connectivity index is 2.46. The molecule has 1 fully saturated rings. The summed E-state index contributed by atoms with van der Waals surface area (Å²) in [6.07, 6.45) is 4.80. The molecule has 0 aromatic carbocycles. The summed E-state index contributed by atoms with van der Waals surface area (Å²) in [7, 11) is 6.51. The lowest BCUT2D eigenvalue weighted by Crippen LogP contribution is -2.57. The standard InChI is InChI=1S/C14H30N4O/c1-13(2,12(15)16-19)9-10-18(5)11-14(17(3)4)7-6-8-14/h19H,6-11H2,1-5H3,(H2,15,16). The molecule has 0 atom stereocenters. The number of nitrogens with two attached hydrogens (primary N) is 1. The molecule has 0 unspecified atom stereocenters. The maximum absolute atomic E-state index is 8.78. The first kappa shape index (κ1) is 16.2. The predicted octanol–water partition coefficient (Wildman–Crippen LogP) is 1.57. The van der Waals surface area contributed by atoms with Crippen LogP contribution in [0, 0.1) is 5.41 Å². The van der Waals surface area contributed by atoms with Gasteiger partial charge in [0.05, 0.1) is 0 Å². The molecule has 5 heteroatoms. The minimum atomic E-state index is -0.256. The van der Waals surface area contributed by atoms with Gasteiger partial charge >= 0.3 is 0 Å². The zero-order chi connectivity index (χ0) is 14.7. The zero-order valence-corrected chi connectivity index (χ0v) is 13.1. The molecule has 0 bridgehead atoms. The summed E-state index contributed by atoms with van der Waals surface area (Å²) >= 11 is 0. The van der Waals surface area contributed by atoms with Crippen LogP contribution in [0.3, 0.4) is 0 Å². The fraction of sp³-hybridized carbons (Fsp3) is 0.929. The van der Waals surface area contributed by atoms with Crippen LogP contribution in [0.4, 0.5) is 0 Å². The Morgan fingerprint density at radius 1 is 1.32 bits per heavy atom. The van der Waals surface area contributed by atoms with Crippen molar-refractivity contribution in [1.29, 1.82) is 0 Å². The lowest BCUT2D eigenvalue weighted by atomic mass is 9.75. The molecule has 112 valence electrons. The highest BCUT2D eigenvalue weighted by atomic mass is 16.4. The van der Waals surface area contributed by atoms with Crippen molar-refractivity contribution < 1.29 is 5.21 Å². The molecular formula is C14H30N4O. The molecule has 0 spiro atoms. The quantitative estimate of drug-likeness (QED) is 0.319. The molecule has 0 aromatic heterocycles. The molecule has 3 N–H and O–H groups in total. The number of oxime groups is 1. The van der Waals surface area contributed by atoms with E-state index >= 15 is 0 Å². The van der Waals surface area contributed by atoms with Crippen molar-refractivity contribution in [3.05, 3.63) is 0 Å². The number of likely N-dealkylation sites (N-methyl/N-ethyl adjacent to an activating group) is 2. The van der Waals surface area contributed by atoms with Gasteiger partial charge in [0.2, 0.25) is 0 Å². The first-order chi connectivity index (χ1) is 8.73. The Hall–Kier alpha value is -0.810. The maximum atomic E-state index is 8.78. The summed E-state index contributed by atoms with van der Waals surface area (Å²) in [5, 5.41) is 11.9. The molecule has 0 radical (unpaired) electrons. The molecule has 5 nitrogen and oxygen atoms in total. The molecule has 0 saturated heterocycles. The van der Waals surface area contributed by atoms with E-state index in [1.807, 2.05) is 13.8 Å². The van der Waals surface area contributed by atoms with Gasteiger partial charge in [-0.15, -0.1) is 0 Å². The van der Waals surface area contributed by atoms with Gasteiger partial charge < -0.3 is 20.7 Å². The summed E-state index contributed by atoms with van der Waals surface area (Å²) in [6, 6.07) is 0. The van der Waals surface area contributed by atoms with Gasteiger partial charge in [0.15, 0.2) is 0 Å². The van der Waals surface area contributed by atoms with Crippen LogP contribution in [0.25, 0.3) is 0 Å². The lowest BCUT2D eigenvalue weighted by Gasteiger charge is -2.49. The van der Waals surface area contributed by atoms with Crippen LogP contribution < -0.4 is 5.73 Å². The molecule has 1 saturated carbocycles. The molecule has 19 heavy (non-hydrogen) atoms. The third-order valence-electron chi connectivity index (χ3n) is 4.72. The highest BCUT2D eigenvalue weighted by molar-refractivity contribution is 5.85. The van der Waals surface area contributed by atoms with E-state index in [4.69, 9.17) is 10.9 Å². The second-order valence-electron chi connectivity index (χ2n) is 6.83. The van der Waals surface area contributed by atoms with Crippen LogP contribution in [0.15, 0.2) is 5.16 Å². The summed E-state index contributed by atoms with van der Waals surface area (Å²) < 4.78 is 0. The molecule has 1 aliphatic carbocycles. The van der Waals surface area contributed by atoms with E-state index < -0.39 is 0 Å². The fourth-order valence-corrected chi connectivity index (χ4v) is 2.65. The van der Waals surface area contributed by atoms with Crippen molar-refractivity contribution in [3.63, 3.8) is 0 Å². The van der Waals surface area contributed by atoms with Gasteiger partial charge in [-0.2, -0.15) is 0 Å². The lowest BCUT2D eigenvalue weighted by molar-refractivity contribution is 0.0262. The molecule has 1 aliphatic rings. The molecule has 0 heterocycles. The van der Waals surface area contributed by atoms with Gasteiger partial charge in [-0.1, -0.05) is 19.0 Å². The van der Waals surface area contributed by atoms with E-state index in [0.717, 1.165) is 19.5 Å². The van der Waals surface area contributed by atoms with E-state index in [2.05, 4.69) is 36.1 Å². The molecule has 0 aliphatic heterocycles. The number of hydrogen-bond donors (Lipinski definition) is 2. The third kappa shape index (κ3) is 3.83. The third-order valence-corrected chi connectivity index (χ3v) is 4.72. The maximum Gasteiger partial charge on any atom is 0.144 e. The van der Waals surface area contributed by atoms with E-state index in [1.165, 1.54) is 19.3 Å². The van der Waals surface area contributed by atoms with Crippen LogP contribution in [0.1, 0.15) is 39.5 Å². The van der Waals surface area contributed by atoms with Crippen LogP contribution in [-0.2, 0) is 0 Å². The van der Waals surface area contributed by atoms with Gasteiger partial charge in [0.1, 0.15) is 5.84 Å². The summed E-state index contributed by atoms with van der Waals surface area (Å²) in [4.78, 5) is 4.73. The predicted molar refractivity (Wildman–Crippen MR) is 79.6 cm³/mol. The zero-order valence-electron chi connectivity index (χ0n) is 13.1. The average Bonchev–Trinajstić information content (AvgIpc) is 2.29. The summed E-state index contributed by atoms with van der Waals surface area (Å²) in [5.41, 5.74) is 5.82. The van der Waals surface area contributed by atoms with Crippen LogP contribution >= 0.6 is 0 Å². The molecule has 1 rings (SSSR count). The highest BCUT2D eigenvalue weighted by Crippen LogP contribution is 2.36. The van der Waals surface area contributed by atoms with Gasteiger partial charge in [-0.05, 0) is 53.4 Å². The Bertz CT molecular complexity index is 321. The van der Waals surface area contributed by atoms with Gasteiger partial charge in [-0.3, -0.25) is 0 Å². The van der Waals surface area contributed by atoms with Crippen LogP contribution in [0.2, 0.25) is 0 Å². The highest BCUT2D eigenvalue weighted by Gasteiger charge is 2.39. The Morgan fingerprint density at radius 2 is 1.89 bits per heavy atom. The number of rotatable bonds is 7. The largest absolute Gasteiger partial charge is 0.409 e. The van der Waals surface area contributed by atoms with Gasteiger partial charge in [0, 0.05) is 17.5 Å². The minimum Gasteiger partial charge on any atom is -0.409 e. The monoisotopic (exact) mass is 270 g/mol. The molecule has 0 amide bonds. The first-order valence-electron chi connectivity index (χ1n) is 7.07. The van der Waals surface area contributed by atoms with Crippen molar-refractivity contribution in [2.45, 2.75) is 45.1 Å². The van der Waals surface area contributed by atoms with E-state index in [9.17, 15) is 0 Å². The molecular weight excluding hydrogens is 240 g/mol. The number of hydrogen-bond acceptors (Lipinski definition) is 4. The minimum absolute atomic E-state index is 0.256. The smallest absolute Gasteiger partial charge is 0.144 e. The number of nitrogens with zero attached hydrogens (tertiary/aromatic N) is 3. The van der Waals surface area contributed by atoms with Crippen molar-refractivity contribution in [2.75, 3.05) is 34.2 Å². The number of amidine groups is 1. The Morgan fingerprint density at radius 3 is 2.26 bits per heavy atom. The SMILES string of the molecule is CN(CCC(C)(C)C(N)=NO)CC1(N(C)C)CCC1.